The second-order valence-corrected chi connectivity index (χ2v) is 3.91. The van der Waals surface area contributed by atoms with Crippen molar-refractivity contribution < 1.29 is 13.3 Å². The first kappa shape index (κ1) is 9.61. The van der Waals surface area contributed by atoms with Crippen molar-refractivity contribution in [2.45, 2.75) is 5.75 Å². The highest BCUT2D eigenvalue weighted by Gasteiger charge is 2.19. The Hall–Kier alpha value is -1.48. The van der Waals surface area contributed by atoms with Gasteiger partial charge >= 0.3 is 5.69 Å². The molecule has 3 N–H and O–H groups in total. The third kappa shape index (κ3) is 2.49. The fraction of sp³-hybridized carbons (Fsp3) is 0.250. The van der Waals surface area contributed by atoms with E-state index >= 15 is 0 Å². The quantitative estimate of drug-likeness (QED) is 0.488. The lowest BCUT2D eigenvalue weighted by Crippen LogP contribution is -2.15. The van der Waals surface area contributed by atoms with Crippen molar-refractivity contribution in [1.82, 2.24) is 10.2 Å². The van der Waals surface area contributed by atoms with Gasteiger partial charge < -0.3 is 0 Å². The highest BCUT2D eigenvalue weighted by Crippen LogP contribution is 2.15. The zero-order chi connectivity index (χ0) is 10.1. The Labute approximate surface area is 72.9 Å². The third-order valence-electron chi connectivity index (χ3n) is 1.24. The standard InChI is InChI=1S/C4H6N4O4S/c5-13(11,12)2-3-4(8(9)10)1-6-7-3/h1H,2H2,(H,6,7)(H2,5,11,12). The van der Waals surface area contributed by atoms with Crippen LogP contribution in [0.25, 0.3) is 0 Å². The van der Waals surface area contributed by atoms with Crippen LogP contribution in [0.4, 0.5) is 5.69 Å². The molecule has 0 aliphatic rings. The van der Waals surface area contributed by atoms with Crippen LogP contribution >= 0.6 is 0 Å². The Morgan fingerprint density at radius 1 is 1.69 bits per heavy atom. The second kappa shape index (κ2) is 3.11. The van der Waals surface area contributed by atoms with Crippen LogP contribution in [0.3, 0.4) is 0 Å². The molecule has 9 heteroatoms. The maximum absolute atomic E-state index is 10.6. The van der Waals surface area contributed by atoms with Gasteiger partial charge in [-0.3, -0.25) is 15.2 Å². The number of nitrogens with one attached hydrogen (secondary N) is 1. The predicted molar refractivity (Wildman–Crippen MR) is 42.1 cm³/mol. The zero-order valence-corrected chi connectivity index (χ0v) is 7.11. The molecule has 1 aromatic rings. The number of nitrogens with zero attached hydrogens (tertiary/aromatic N) is 2. The molecule has 13 heavy (non-hydrogen) atoms. The first-order valence-electron chi connectivity index (χ1n) is 3.07. The van der Waals surface area contributed by atoms with E-state index < -0.39 is 20.7 Å². The number of H-pyrrole nitrogens is 1. The molecule has 0 atom stereocenters. The molecule has 1 aromatic heterocycles. The molecule has 1 heterocycles. The zero-order valence-electron chi connectivity index (χ0n) is 6.30. The first-order valence-corrected chi connectivity index (χ1v) is 4.79. The third-order valence-corrected chi connectivity index (χ3v) is 1.93. The van der Waals surface area contributed by atoms with Crippen LogP contribution in [-0.2, 0) is 15.8 Å². The van der Waals surface area contributed by atoms with Crippen LogP contribution in [0.15, 0.2) is 6.20 Å². The van der Waals surface area contributed by atoms with E-state index in [4.69, 9.17) is 5.14 Å². The van der Waals surface area contributed by atoms with Crippen LogP contribution in [0.5, 0.6) is 0 Å². The van der Waals surface area contributed by atoms with Gasteiger partial charge in [0.2, 0.25) is 10.0 Å². The van der Waals surface area contributed by atoms with Crippen LogP contribution in [0.1, 0.15) is 5.69 Å². The highest BCUT2D eigenvalue weighted by molar-refractivity contribution is 7.88. The van der Waals surface area contributed by atoms with Gasteiger partial charge in [0, 0.05) is 0 Å². The Kier molecular flexibility index (Phi) is 2.30. The first-order chi connectivity index (χ1) is 5.90. The molecule has 0 spiro atoms. The normalized spacial score (nSPS) is 11.5. The lowest BCUT2D eigenvalue weighted by Gasteiger charge is -1.93. The number of hydrogen-bond acceptors (Lipinski definition) is 5. The van der Waals surface area contributed by atoms with Gasteiger partial charge in [0.25, 0.3) is 0 Å². The van der Waals surface area contributed by atoms with E-state index in [1.54, 1.807) is 0 Å². The molecule has 1 rings (SSSR count). The summed E-state index contributed by atoms with van der Waals surface area (Å²) in [6.45, 7) is 0. The van der Waals surface area contributed by atoms with Gasteiger partial charge in [-0.05, 0) is 0 Å². The van der Waals surface area contributed by atoms with Gasteiger partial charge in [0.15, 0.2) is 0 Å². The van der Waals surface area contributed by atoms with Crippen molar-refractivity contribution in [3.05, 3.63) is 22.0 Å². The summed E-state index contributed by atoms with van der Waals surface area (Å²) in [5.74, 6) is -0.622. The van der Waals surface area contributed by atoms with Crippen molar-refractivity contribution in [2.75, 3.05) is 0 Å². The van der Waals surface area contributed by atoms with E-state index in [1.807, 2.05) is 0 Å². The fourth-order valence-corrected chi connectivity index (χ4v) is 1.39. The van der Waals surface area contributed by atoms with Crippen molar-refractivity contribution in [3.63, 3.8) is 0 Å². The molecule has 0 unspecified atom stereocenters. The topological polar surface area (TPSA) is 132 Å². The Bertz CT molecular complexity index is 421. The monoisotopic (exact) mass is 206 g/mol. The smallest absolute Gasteiger partial charge is 0.274 e. The van der Waals surface area contributed by atoms with E-state index in [2.05, 4.69) is 10.2 Å². The summed E-state index contributed by atoms with van der Waals surface area (Å²) in [6, 6.07) is 0. The minimum Gasteiger partial charge on any atom is -0.274 e. The minimum absolute atomic E-state index is 0.118. The summed E-state index contributed by atoms with van der Waals surface area (Å²) in [5.41, 5.74) is -0.499. The number of nitro groups is 1. The van der Waals surface area contributed by atoms with Crippen LogP contribution < -0.4 is 5.14 Å². The summed E-state index contributed by atoms with van der Waals surface area (Å²) >= 11 is 0. The average molecular weight is 206 g/mol. The summed E-state index contributed by atoms with van der Waals surface area (Å²) in [7, 11) is -3.78. The van der Waals surface area contributed by atoms with Gasteiger partial charge in [0.1, 0.15) is 17.6 Å². The summed E-state index contributed by atoms with van der Waals surface area (Å²) in [5, 5.41) is 20.5. The molecular formula is C4H6N4O4S. The van der Waals surface area contributed by atoms with E-state index in [9.17, 15) is 18.5 Å². The number of aromatic nitrogens is 2. The maximum Gasteiger partial charge on any atom is 0.311 e. The van der Waals surface area contributed by atoms with Crippen molar-refractivity contribution in [1.29, 1.82) is 0 Å². The lowest BCUT2D eigenvalue weighted by molar-refractivity contribution is -0.385. The number of sulfonamides is 1. The van der Waals surface area contributed by atoms with Crippen molar-refractivity contribution in [2.24, 2.45) is 5.14 Å². The molecule has 0 amide bonds. The van der Waals surface area contributed by atoms with Gasteiger partial charge in [-0.25, -0.2) is 13.6 Å². The largest absolute Gasteiger partial charge is 0.311 e. The maximum atomic E-state index is 10.6. The number of primary sulfonamides is 1. The minimum atomic E-state index is -3.78. The Balaban J connectivity index is 3.02. The molecule has 0 aliphatic heterocycles. The summed E-state index contributed by atoms with van der Waals surface area (Å²) in [4.78, 5) is 9.55. The van der Waals surface area contributed by atoms with Crippen molar-refractivity contribution in [3.8, 4) is 0 Å². The van der Waals surface area contributed by atoms with Gasteiger partial charge in [-0.2, -0.15) is 5.10 Å². The molecule has 72 valence electrons. The number of rotatable bonds is 3. The summed E-state index contributed by atoms with van der Waals surface area (Å²) < 4.78 is 21.2. The van der Waals surface area contributed by atoms with Crippen molar-refractivity contribution >= 4 is 15.7 Å². The van der Waals surface area contributed by atoms with E-state index in [0.29, 0.717) is 0 Å². The molecule has 0 bridgehead atoms. The molecule has 0 saturated heterocycles. The molecule has 0 fully saturated rings. The van der Waals surface area contributed by atoms with Crippen LogP contribution in [-0.4, -0.2) is 23.5 Å². The van der Waals surface area contributed by atoms with Crippen LogP contribution in [0.2, 0.25) is 0 Å². The van der Waals surface area contributed by atoms with E-state index in [1.165, 1.54) is 0 Å². The van der Waals surface area contributed by atoms with Gasteiger partial charge in [0.05, 0.1) is 4.92 Å². The number of aromatic amines is 1. The molecular weight excluding hydrogens is 200 g/mol. The molecule has 8 nitrogen and oxygen atoms in total. The van der Waals surface area contributed by atoms with Crippen LogP contribution in [0, 0.1) is 10.1 Å². The molecule has 0 radical (unpaired) electrons. The fourth-order valence-electron chi connectivity index (χ4n) is 0.771. The van der Waals surface area contributed by atoms with Gasteiger partial charge in [-0.1, -0.05) is 0 Å². The number of nitrogens with two attached hydrogens (primary N) is 1. The Morgan fingerprint density at radius 3 is 2.77 bits per heavy atom. The lowest BCUT2D eigenvalue weighted by atomic mass is 10.4. The molecule has 0 saturated carbocycles. The Morgan fingerprint density at radius 2 is 2.31 bits per heavy atom. The second-order valence-electron chi connectivity index (χ2n) is 2.30. The van der Waals surface area contributed by atoms with Gasteiger partial charge in [-0.15, -0.1) is 0 Å². The van der Waals surface area contributed by atoms with E-state index in [-0.39, 0.29) is 11.4 Å². The predicted octanol–water partition coefficient (Wildman–Crippen LogP) is -0.894. The molecule has 0 aromatic carbocycles. The average Bonchev–Trinajstić information content (AvgIpc) is 2.31. The van der Waals surface area contributed by atoms with E-state index in [0.717, 1.165) is 6.20 Å². The summed E-state index contributed by atoms with van der Waals surface area (Å²) in [6.07, 6.45) is 0.931. The molecule has 0 aliphatic carbocycles. The number of hydrogen-bond donors (Lipinski definition) is 2. The highest BCUT2D eigenvalue weighted by atomic mass is 32.2. The SMILES string of the molecule is NS(=O)(=O)Cc1[nH]ncc1[N+](=O)[O-].